The molecule has 1 aliphatic rings. The summed E-state index contributed by atoms with van der Waals surface area (Å²) < 4.78 is 19.2. The average Bonchev–Trinajstić information content (AvgIpc) is 3.00. The molecule has 6 heteroatoms. The molecule has 130 valence electrons. The number of carbonyl (C=O) groups is 1. The molecule has 25 heavy (non-hydrogen) atoms. The lowest BCUT2D eigenvalue weighted by atomic mass is 9.96. The molecule has 0 aromatic heterocycles. The normalized spacial score (nSPS) is 19.7. The zero-order valence-electron chi connectivity index (χ0n) is 14.1. The van der Waals surface area contributed by atoms with Gasteiger partial charge in [0, 0.05) is 17.7 Å². The molecule has 0 saturated heterocycles. The summed E-state index contributed by atoms with van der Waals surface area (Å²) in [5.74, 6) is -0.696. The second-order valence-corrected chi connectivity index (χ2v) is 5.84. The van der Waals surface area contributed by atoms with Crippen molar-refractivity contribution in [2.24, 2.45) is 5.10 Å². The van der Waals surface area contributed by atoms with E-state index >= 15 is 0 Å². The Morgan fingerprint density at radius 2 is 1.96 bits per heavy atom. The first kappa shape index (κ1) is 17.1. The highest BCUT2D eigenvalue weighted by molar-refractivity contribution is 5.98. The molecule has 2 aromatic rings. The van der Waals surface area contributed by atoms with Gasteiger partial charge in [0.25, 0.3) is 5.91 Å². The minimum atomic E-state index is -1.66. The number of halogens is 1. The summed E-state index contributed by atoms with van der Waals surface area (Å²) in [5.41, 5.74) is -0.625. The standard InChI is InChI=1S/C19H19FN2O3/c1-3-14-12-19(24,13-8-10-15(25-2)11-9-13)22(21-14)18(23)16-6-4-5-7-17(16)20/h4-11,24H,3,12H2,1-2H3/t19-/m0/s1. The van der Waals surface area contributed by atoms with E-state index in [4.69, 9.17) is 4.74 Å². The van der Waals surface area contributed by atoms with Crippen LogP contribution in [0.25, 0.3) is 0 Å². The van der Waals surface area contributed by atoms with Crippen molar-refractivity contribution in [2.45, 2.75) is 25.5 Å². The Bertz CT molecular complexity index is 820. The fourth-order valence-electron chi connectivity index (χ4n) is 2.86. The summed E-state index contributed by atoms with van der Waals surface area (Å²) >= 11 is 0. The fourth-order valence-corrected chi connectivity index (χ4v) is 2.86. The van der Waals surface area contributed by atoms with E-state index in [0.717, 1.165) is 5.01 Å². The highest BCUT2D eigenvalue weighted by atomic mass is 19.1. The van der Waals surface area contributed by atoms with Gasteiger partial charge in [0.1, 0.15) is 11.6 Å². The second kappa shape index (κ2) is 6.64. The van der Waals surface area contributed by atoms with Crippen molar-refractivity contribution in [2.75, 3.05) is 7.11 Å². The molecule has 0 bridgehead atoms. The van der Waals surface area contributed by atoms with E-state index < -0.39 is 17.4 Å². The van der Waals surface area contributed by atoms with Crippen LogP contribution < -0.4 is 4.74 Å². The third-order valence-corrected chi connectivity index (χ3v) is 4.30. The number of hydrogen-bond acceptors (Lipinski definition) is 4. The van der Waals surface area contributed by atoms with Gasteiger partial charge in [-0.25, -0.2) is 4.39 Å². The van der Waals surface area contributed by atoms with Gasteiger partial charge in [-0.1, -0.05) is 31.2 Å². The van der Waals surface area contributed by atoms with Crippen LogP contribution >= 0.6 is 0 Å². The van der Waals surface area contributed by atoms with Crippen LogP contribution in [0.3, 0.4) is 0 Å². The molecule has 3 rings (SSSR count). The molecule has 0 saturated carbocycles. The van der Waals surface area contributed by atoms with Gasteiger partial charge >= 0.3 is 0 Å². The monoisotopic (exact) mass is 342 g/mol. The summed E-state index contributed by atoms with van der Waals surface area (Å²) in [4.78, 5) is 12.8. The minimum absolute atomic E-state index is 0.129. The summed E-state index contributed by atoms with van der Waals surface area (Å²) in [6, 6.07) is 12.4. The van der Waals surface area contributed by atoms with Gasteiger partial charge in [-0.3, -0.25) is 4.79 Å². The number of carbonyl (C=O) groups excluding carboxylic acids is 1. The SMILES string of the molecule is CCC1=NN(C(=O)c2ccccc2F)[C@@](O)(c2ccc(OC)cc2)C1. The minimum Gasteiger partial charge on any atom is -0.497 e. The summed E-state index contributed by atoms with van der Waals surface area (Å²) in [6.45, 7) is 1.89. The van der Waals surface area contributed by atoms with Crippen LogP contribution in [0.15, 0.2) is 53.6 Å². The van der Waals surface area contributed by atoms with Crippen molar-refractivity contribution in [3.05, 3.63) is 65.5 Å². The molecule has 1 atom stereocenters. The van der Waals surface area contributed by atoms with Crippen molar-refractivity contribution in [1.82, 2.24) is 5.01 Å². The predicted octanol–water partition coefficient (Wildman–Crippen LogP) is 3.29. The van der Waals surface area contributed by atoms with E-state index in [0.29, 0.717) is 23.4 Å². The van der Waals surface area contributed by atoms with Gasteiger partial charge in [0.05, 0.1) is 12.7 Å². The third-order valence-electron chi connectivity index (χ3n) is 4.30. The Morgan fingerprint density at radius 1 is 1.28 bits per heavy atom. The topological polar surface area (TPSA) is 62.1 Å². The van der Waals surface area contributed by atoms with Gasteiger partial charge in [0.2, 0.25) is 0 Å². The summed E-state index contributed by atoms with van der Waals surface area (Å²) in [6.07, 6.45) is 0.759. The van der Waals surface area contributed by atoms with E-state index in [1.165, 1.54) is 18.2 Å². The summed E-state index contributed by atoms with van der Waals surface area (Å²) in [5, 5.41) is 16.5. The van der Waals surface area contributed by atoms with E-state index in [-0.39, 0.29) is 12.0 Å². The lowest BCUT2D eigenvalue weighted by Crippen LogP contribution is -2.43. The maximum atomic E-state index is 14.0. The molecule has 1 heterocycles. The lowest BCUT2D eigenvalue weighted by Gasteiger charge is -2.31. The van der Waals surface area contributed by atoms with Gasteiger partial charge < -0.3 is 9.84 Å². The number of nitrogens with zero attached hydrogens (tertiary/aromatic N) is 2. The summed E-state index contributed by atoms with van der Waals surface area (Å²) in [7, 11) is 1.55. The quantitative estimate of drug-likeness (QED) is 0.927. The van der Waals surface area contributed by atoms with E-state index in [9.17, 15) is 14.3 Å². The molecule has 0 radical (unpaired) electrons. The molecule has 2 aromatic carbocycles. The first-order valence-electron chi connectivity index (χ1n) is 8.02. The van der Waals surface area contributed by atoms with Crippen molar-refractivity contribution >= 4 is 11.6 Å². The molecule has 0 unspecified atom stereocenters. The zero-order valence-corrected chi connectivity index (χ0v) is 14.1. The highest BCUT2D eigenvalue weighted by Crippen LogP contribution is 2.37. The number of aliphatic hydroxyl groups is 1. The first-order chi connectivity index (χ1) is 12.0. The van der Waals surface area contributed by atoms with Crippen LogP contribution in [0.2, 0.25) is 0 Å². The number of benzene rings is 2. The van der Waals surface area contributed by atoms with Crippen LogP contribution in [-0.2, 0) is 5.72 Å². The molecule has 1 amide bonds. The van der Waals surface area contributed by atoms with Crippen LogP contribution in [0.1, 0.15) is 35.7 Å². The third kappa shape index (κ3) is 3.00. The van der Waals surface area contributed by atoms with Crippen molar-refractivity contribution in [3.63, 3.8) is 0 Å². The van der Waals surface area contributed by atoms with Crippen molar-refractivity contribution in [3.8, 4) is 5.75 Å². The maximum Gasteiger partial charge on any atom is 0.279 e. The van der Waals surface area contributed by atoms with Gasteiger partial charge in [-0.15, -0.1) is 0 Å². The molecule has 0 aliphatic carbocycles. The van der Waals surface area contributed by atoms with Crippen LogP contribution in [0.4, 0.5) is 4.39 Å². The lowest BCUT2D eigenvalue weighted by molar-refractivity contribution is -0.0767. The fraction of sp³-hybridized carbons (Fsp3) is 0.263. The van der Waals surface area contributed by atoms with Gasteiger partial charge in [0.15, 0.2) is 5.72 Å². The number of methoxy groups -OCH3 is 1. The Labute approximate surface area is 145 Å². The van der Waals surface area contributed by atoms with E-state index in [1.807, 2.05) is 6.92 Å². The number of hydrogen-bond donors (Lipinski definition) is 1. The molecular weight excluding hydrogens is 323 g/mol. The van der Waals surface area contributed by atoms with E-state index in [2.05, 4.69) is 5.10 Å². The van der Waals surface area contributed by atoms with Gasteiger partial charge in [-0.2, -0.15) is 10.1 Å². The molecule has 1 aliphatic heterocycles. The number of rotatable bonds is 4. The van der Waals surface area contributed by atoms with E-state index in [1.54, 1.807) is 37.4 Å². The number of hydrazone groups is 1. The van der Waals surface area contributed by atoms with Crippen molar-refractivity contribution in [1.29, 1.82) is 0 Å². The zero-order chi connectivity index (χ0) is 18.0. The Kier molecular flexibility index (Phi) is 4.55. The molecule has 0 spiro atoms. The highest BCUT2D eigenvalue weighted by Gasteiger charge is 2.46. The molecule has 5 nitrogen and oxygen atoms in total. The Morgan fingerprint density at radius 3 is 2.56 bits per heavy atom. The maximum absolute atomic E-state index is 14.0. The largest absolute Gasteiger partial charge is 0.497 e. The molecule has 1 N–H and O–H groups in total. The Balaban J connectivity index is 2.03. The predicted molar refractivity (Wildman–Crippen MR) is 91.8 cm³/mol. The number of amides is 1. The Hall–Kier alpha value is -2.73. The van der Waals surface area contributed by atoms with Crippen LogP contribution in [0, 0.1) is 5.82 Å². The number of ether oxygens (including phenoxy) is 1. The first-order valence-corrected chi connectivity index (χ1v) is 8.02. The van der Waals surface area contributed by atoms with Crippen molar-refractivity contribution < 1.29 is 19.0 Å². The van der Waals surface area contributed by atoms with Crippen LogP contribution in [-0.4, -0.2) is 28.8 Å². The van der Waals surface area contributed by atoms with Gasteiger partial charge in [-0.05, 0) is 30.7 Å². The molecular formula is C19H19FN2O3. The second-order valence-electron chi connectivity index (χ2n) is 5.84. The smallest absolute Gasteiger partial charge is 0.279 e. The molecule has 0 fully saturated rings. The average molecular weight is 342 g/mol. The van der Waals surface area contributed by atoms with Crippen LogP contribution in [0.5, 0.6) is 5.75 Å².